The fourth-order valence-electron chi connectivity index (χ4n) is 2.54. The molecule has 1 aromatic carbocycles. The van der Waals surface area contributed by atoms with Crippen molar-refractivity contribution in [3.8, 4) is 5.75 Å². The Labute approximate surface area is 109 Å². The zero-order valence-electron chi connectivity index (χ0n) is 11.9. The van der Waals surface area contributed by atoms with E-state index in [4.69, 9.17) is 10.5 Å². The Morgan fingerprint density at radius 1 is 1.33 bits per heavy atom. The molecule has 0 aliphatic rings. The molecular formula is C15H23NO2. The summed E-state index contributed by atoms with van der Waals surface area (Å²) < 4.78 is 5.24. The molecule has 0 bridgehead atoms. The number of ether oxygens (including phenoxy) is 1. The lowest BCUT2D eigenvalue weighted by Crippen LogP contribution is -2.33. The topological polar surface area (TPSA) is 52.3 Å². The number of nitrogens with two attached hydrogens (primary N) is 1. The van der Waals surface area contributed by atoms with E-state index in [1.807, 2.05) is 31.2 Å². The summed E-state index contributed by atoms with van der Waals surface area (Å²) in [7, 11) is 1.64. The third kappa shape index (κ3) is 3.25. The van der Waals surface area contributed by atoms with Gasteiger partial charge in [0.2, 0.25) is 5.91 Å². The zero-order valence-corrected chi connectivity index (χ0v) is 11.9. The minimum atomic E-state index is -0.266. The number of hydrogen-bond acceptors (Lipinski definition) is 2. The smallest absolute Gasteiger partial charge is 0.220 e. The second-order valence-electron chi connectivity index (χ2n) is 5.81. The number of amides is 1. The van der Waals surface area contributed by atoms with E-state index < -0.39 is 0 Å². The van der Waals surface area contributed by atoms with Crippen LogP contribution >= 0.6 is 0 Å². The maximum absolute atomic E-state index is 11.5. The van der Waals surface area contributed by atoms with Crippen molar-refractivity contribution in [3.05, 3.63) is 29.8 Å². The normalized spacial score (nSPS) is 14.9. The molecule has 0 aliphatic heterocycles. The summed E-state index contributed by atoms with van der Waals surface area (Å²) in [6, 6.07) is 7.85. The highest BCUT2D eigenvalue weighted by Gasteiger charge is 2.34. The van der Waals surface area contributed by atoms with Crippen molar-refractivity contribution in [2.45, 2.75) is 33.6 Å². The van der Waals surface area contributed by atoms with Crippen LogP contribution in [0.25, 0.3) is 0 Å². The fraction of sp³-hybridized carbons (Fsp3) is 0.533. The molecule has 100 valence electrons. The number of benzene rings is 1. The predicted octanol–water partition coefficient (Wildman–Crippen LogP) is 2.95. The first-order chi connectivity index (χ1) is 8.27. The molecule has 0 aromatic heterocycles. The third-order valence-electron chi connectivity index (χ3n) is 3.33. The van der Waals surface area contributed by atoms with E-state index in [0.717, 1.165) is 11.3 Å². The van der Waals surface area contributed by atoms with E-state index in [-0.39, 0.29) is 23.2 Å². The minimum absolute atomic E-state index is 0.0409. The highest BCUT2D eigenvalue weighted by molar-refractivity contribution is 5.77. The van der Waals surface area contributed by atoms with Gasteiger partial charge in [-0.2, -0.15) is 0 Å². The Kier molecular flexibility index (Phi) is 4.38. The van der Waals surface area contributed by atoms with Gasteiger partial charge < -0.3 is 10.5 Å². The Morgan fingerprint density at radius 2 is 1.94 bits per heavy atom. The number of primary amides is 1. The van der Waals surface area contributed by atoms with E-state index in [9.17, 15) is 4.79 Å². The molecule has 0 aliphatic carbocycles. The molecule has 1 aromatic rings. The number of rotatable bonds is 4. The molecule has 0 heterocycles. The molecule has 3 nitrogen and oxygen atoms in total. The van der Waals surface area contributed by atoms with Crippen LogP contribution in [0.1, 0.15) is 39.2 Å². The van der Waals surface area contributed by atoms with Gasteiger partial charge in [0.05, 0.1) is 7.11 Å². The lowest BCUT2D eigenvalue weighted by atomic mass is 9.70. The van der Waals surface area contributed by atoms with Gasteiger partial charge >= 0.3 is 0 Å². The van der Waals surface area contributed by atoms with Crippen molar-refractivity contribution in [1.82, 2.24) is 0 Å². The molecule has 0 spiro atoms. The maximum atomic E-state index is 11.5. The Bertz CT molecular complexity index is 421. The van der Waals surface area contributed by atoms with Crippen molar-refractivity contribution in [3.63, 3.8) is 0 Å². The van der Waals surface area contributed by atoms with Crippen LogP contribution < -0.4 is 10.5 Å². The van der Waals surface area contributed by atoms with E-state index >= 15 is 0 Å². The van der Waals surface area contributed by atoms with Crippen LogP contribution in [0, 0.1) is 11.3 Å². The second kappa shape index (κ2) is 5.42. The highest BCUT2D eigenvalue weighted by atomic mass is 16.5. The number of methoxy groups -OCH3 is 1. The summed E-state index contributed by atoms with van der Waals surface area (Å²) in [5.41, 5.74) is 6.52. The summed E-state index contributed by atoms with van der Waals surface area (Å²) in [5.74, 6) is 0.401. The highest BCUT2D eigenvalue weighted by Crippen LogP contribution is 2.41. The van der Waals surface area contributed by atoms with Crippen molar-refractivity contribution in [1.29, 1.82) is 0 Å². The van der Waals surface area contributed by atoms with E-state index in [2.05, 4.69) is 20.8 Å². The van der Waals surface area contributed by atoms with Crippen molar-refractivity contribution in [2.24, 2.45) is 17.1 Å². The quantitative estimate of drug-likeness (QED) is 0.892. The van der Waals surface area contributed by atoms with Gasteiger partial charge in [-0.15, -0.1) is 0 Å². The average molecular weight is 249 g/mol. The predicted molar refractivity (Wildman–Crippen MR) is 73.5 cm³/mol. The molecule has 2 unspecified atom stereocenters. The molecule has 2 atom stereocenters. The van der Waals surface area contributed by atoms with Gasteiger partial charge in [-0.25, -0.2) is 0 Å². The summed E-state index contributed by atoms with van der Waals surface area (Å²) in [4.78, 5) is 11.5. The first kappa shape index (κ1) is 14.6. The second-order valence-corrected chi connectivity index (χ2v) is 5.81. The lowest BCUT2D eigenvalue weighted by molar-refractivity contribution is -0.122. The third-order valence-corrected chi connectivity index (χ3v) is 3.33. The molecule has 0 fully saturated rings. The molecule has 3 heteroatoms. The molecule has 1 rings (SSSR count). The zero-order chi connectivity index (χ0) is 13.9. The van der Waals surface area contributed by atoms with Crippen LogP contribution in [0.2, 0.25) is 0 Å². The monoisotopic (exact) mass is 249 g/mol. The number of hydrogen-bond donors (Lipinski definition) is 1. The van der Waals surface area contributed by atoms with E-state index in [0.29, 0.717) is 0 Å². The van der Waals surface area contributed by atoms with Gasteiger partial charge in [0.25, 0.3) is 0 Å². The Hall–Kier alpha value is -1.51. The first-order valence-corrected chi connectivity index (χ1v) is 6.20. The van der Waals surface area contributed by atoms with Gasteiger partial charge in [-0.05, 0) is 23.1 Å². The van der Waals surface area contributed by atoms with E-state index in [1.165, 1.54) is 0 Å². The van der Waals surface area contributed by atoms with Crippen LogP contribution in [0.5, 0.6) is 5.75 Å². The van der Waals surface area contributed by atoms with Gasteiger partial charge in [-0.3, -0.25) is 4.79 Å². The molecule has 0 saturated heterocycles. The summed E-state index contributed by atoms with van der Waals surface area (Å²) in [6.07, 6.45) is 0. The minimum Gasteiger partial charge on any atom is -0.497 e. The maximum Gasteiger partial charge on any atom is 0.220 e. The largest absolute Gasteiger partial charge is 0.497 e. The van der Waals surface area contributed by atoms with E-state index in [1.54, 1.807) is 7.11 Å². The average Bonchev–Trinajstić information content (AvgIpc) is 2.27. The van der Waals surface area contributed by atoms with Crippen molar-refractivity contribution in [2.75, 3.05) is 7.11 Å². The summed E-state index contributed by atoms with van der Waals surface area (Å²) >= 11 is 0. The Morgan fingerprint density at radius 3 is 2.39 bits per heavy atom. The van der Waals surface area contributed by atoms with Crippen LogP contribution in [0.15, 0.2) is 24.3 Å². The number of carbonyl (C=O) groups is 1. The lowest BCUT2D eigenvalue weighted by Gasteiger charge is -2.34. The summed E-state index contributed by atoms with van der Waals surface area (Å²) in [5, 5.41) is 0. The van der Waals surface area contributed by atoms with Crippen LogP contribution in [0.3, 0.4) is 0 Å². The molecule has 1 amide bonds. The molecule has 0 saturated carbocycles. The number of carbonyl (C=O) groups excluding carboxylic acids is 1. The summed E-state index contributed by atoms with van der Waals surface area (Å²) in [6.45, 7) is 8.25. The van der Waals surface area contributed by atoms with Gasteiger partial charge in [0.1, 0.15) is 5.75 Å². The standard InChI is InChI=1S/C15H23NO2/c1-10(14(16)17)13(15(2,3)4)11-7-6-8-12(9-11)18-5/h6-10,13H,1-5H3,(H2,16,17). The van der Waals surface area contributed by atoms with Crippen molar-refractivity contribution >= 4 is 5.91 Å². The Balaban J connectivity index is 3.21. The SMILES string of the molecule is COc1cccc(C(C(C)C(N)=O)C(C)(C)C)c1. The molecular weight excluding hydrogens is 226 g/mol. The van der Waals surface area contributed by atoms with Crippen LogP contribution in [0.4, 0.5) is 0 Å². The van der Waals surface area contributed by atoms with Gasteiger partial charge in [0, 0.05) is 11.8 Å². The van der Waals surface area contributed by atoms with Crippen molar-refractivity contribution < 1.29 is 9.53 Å². The van der Waals surface area contributed by atoms with Crippen LogP contribution in [-0.4, -0.2) is 13.0 Å². The molecule has 2 N–H and O–H groups in total. The van der Waals surface area contributed by atoms with Gasteiger partial charge in [0.15, 0.2) is 0 Å². The fourth-order valence-corrected chi connectivity index (χ4v) is 2.54. The molecule has 18 heavy (non-hydrogen) atoms. The first-order valence-electron chi connectivity index (χ1n) is 6.20. The molecule has 0 radical (unpaired) electrons. The van der Waals surface area contributed by atoms with Crippen LogP contribution in [-0.2, 0) is 4.79 Å². The van der Waals surface area contributed by atoms with Gasteiger partial charge in [-0.1, -0.05) is 39.8 Å².